The van der Waals surface area contributed by atoms with E-state index in [1.165, 1.54) is 15.7 Å². The zero-order valence-electron chi connectivity index (χ0n) is 12.4. The van der Waals surface area contributed by atoms with Crippen LogP contribution in [0.2, 0.25) is 0 Å². The summed E-state index contributed by atoms with van der Waals surface area (Å²) >= 11 is 1.44. The van der Waals surface area contributed by atoms with Crippen LogP contribution in [0.15, 0.2) is 39.0 Å². The quantitative estimate of drug-likeness (QED) is 0.754. The van der Waals surface area contributed by atoms with Crippen LogP contribution in [0, 0.1) is 6.92 Å². The molecule has 0 spiro atoms. The number of ether oxygens (including phenoxy) is 1. The molecule has 0 saturated heterocycles. The van der Waals surface area contributed by atoms with Gasteiger partial charge in [0.2, 0.25) is 0 Å². The fraction of sp³-hybridized carbons (Fsp3) is 0.333. The molecule has 0 bridgehead atoms. The Morgan fingerprint density at radius 3 is 3.09 bits per heavy atom. The third kappa shape index (κ3) is 3.11. The molecule has 6 nitrogen and oxygen atoms in total. The van der Waals surface area contributed by atoms with Crippen LogP contribution in [0.4, 0.5) is 0 Å². The van der Waals surface area contributed by atoms with Gasteiger partial charge in [0, 0.05) is 31.3 Å². The van der Waals surface area contributed by atoms with Crippen molar-refractivity contribution >= 4 is 16.3 Å². The van der Waals surface area contributed by atoms with Crippen molar-refractivity contribution in [1.82, 2.24) is 14.7 Å². The number of furan rings is 1. The third-order valence-corrected chi connectivity index (χ3v) is 4.08. The minimum Gasteiger partial charge on any atom is -0.465 e. The van der Waals surface area contributed by atoms with Crippen LogP contribution in [0.1, 0.15) is 23.3 Å². The Balaban J connectivity index is 1.77. The molecule has 1 atom stereocenters. The molecule has 1 N–H and O–H groups in total. The number of nitrogens with zero attached hydrogens (tertiary/aromatic N) is 2. The predicted molar refractivity (Wildman–Crippen MR) is 84.2 cm³/mol. The second kappa shape index (κ2) is 6.43. The number of rotatable bonds is 6. The smallest absolute Gasteiger partial charge is 0.258 e. The van der Waals surface area contributed by atoms with Crippen molar-refractivity contribution in [2.24, 2.45) is 0 Å². The second-order valence-electron chi connectivity index (χ2n) is 4.98. The van der Waals surface area contributed by atoms with Gasteiger partial charge in [-0.25, -0.2) is 4.98 Å². The summed E-state index contributed by atoms with van der Waals surface area (Å²) in [7, 11) is 1.65. The first kappa shape index (κ1) is 15.0. The van der Waals surface area contributed by atoms with Gasteiger partial charge in [0.1, 0.15) is 11.5 Å². The Morgan fingerprint density at radius 1 is 1.50 bits per heavy atom. The zero-order valence-corrected chi connectivity index (χ0v) is 13.2. The molecule has 0 radical (unpaired) electrons. The van der Waals surface area contributed by atoms with E-state index < -0.39 is 0 Å². The predicted octanol–water partition coefficient (Wildman–Crippen LogP) is 2.13. The number of aromatic nitrogens is 2. The number of fused-ring (bicyclic) bond motifs is 1. The molecule has 3 aromatic rings. The van der Waals surface area contributed by atoms with Gasteiger partial charge >= 0.3 is 0 Å². The molecule has 0 aliphatic rings. The summed E-state index contributed by atoms with van der Waals surface area (Å²) in [6.07, 6.45) is 1.73. The van der Waals surface area contributed by atoms with Gasteiger partial charge in [-0.3, -0.25) is 14.5 Å². The monoisotopic (exact) mass is 319 g/mol. The van der Waals surface area contributed by atoms with Gasteiger partial charge in [0.05, 0.1) is 18.3 Å². The van der Waals surface area contributed by atoms with Crippen LogP contribution in [0.25, 0.3) is 4.96 Å². The highest BCUT2D eigenvalue weighted by Gasteiger charge is 2.15. The maximum Gasteiger partial charge on any atom is 0.258 e. The SMILES string of the molecule is COCC(NCc1cc(=O)n2ccsc2n1)c1ccc(C)o1. The Hall–Kier alpha value is -1.96. The van der Waals surface area contributed by atoms with Crippen molar-refractivity contribution < 1.29 is 9.15 Å². The van der Waals surface area contributed by atoms with Crippen molar-refractivity contribution in [1.29, 1.82) is 0 Å². The van der Waals surface area contributed by atoms with E-state index in [4.69, 9.17) is 9.15 Å². The van der Waals surface area contributed by atoms with Crippen molar-refractivity contribution in [3.8, 4) is 0 Å². The standard InChI is InChI=1S/C15H17N3O3S/c1-10-3-4-13(21-10)12(9-20-2)16-8-11-7-14(19)18-5-6-22-15(18)17-11/h3-7,12,16H,8-9H2,1-2H3. The summed E-state index contributed by atoms with van der Waals surface area (Å²) in [6, 6.07) is 5.31. The lowest BCUT2D eigenvalue weighted by Gasteiger charge is -2.15. The van der Waals surface area contributed by atoms with Gasteiger partial charge in [0.25, 0.3) is 5.56 Å². The first-order valence-corrected chi connectivity index (χ1v) is 7.80. The maximum absolute atomic E-state index is 12.0. The molecule has 7 heteroatoms. The van der Waals surface area contributed by atoms with Gasteiger partial charge in [-0.1, -0.05) is 0 Å². The molecular formula is C15H17N3O3S. The summed E-state index contributed by atoms with van der Waals surface area (Å²) in [5.41, 5.74) is 0.636. The van der Waals surface area contributed by atoms with Crippen LogP contribution < -0.4 is 10.9 Å². The summed E-state index contributed by atoms with van der Waals surface area (Å²) in [4.78, 5) is 17.1. The minimum atomic E-state index is -0.0812. The van der Waals surface area contributed by atoms with Gasteiger partial charge < -0.3 is 9.15 Å². The fourth-order valence-electron chi connectivity index (χ4n) is 2.26. The zero-order chi connectivity index (χ0) is 15.5. The van der Waals surface area contributed by atoms with E-state index in [0.717, 1.165) is 11.5 Å². The molecule has 22 heavy (non-hydrogen) atoms. The lowest BCUT2D eigenvalue weighted by molar-refractivity contribution is 0.156. The van der Waals surface area contributed by atoms with E-state index in [0.29, 0.717) is 23.8 Å². The molecular weight excluding hydrogens is 302 g/mol. The van der Waals surface area contributed by atoms with Crippen LogP contribution in [-0.4, -0.2) is 23.1 Å². The highest BCUT2D eigenvalue weighted by molar-refractivity contribution is 7.15. The van der Waals surface area contributed by atoms with E-state index in [2.05, 4.69) is 10.3 Å². The molecule has 3 aromatic heterocycles. The number of aryl methyl sites for hydroxylation is 1. The van der Waals surface area contributed by atoms with E-state index in [1.54, 1.807) is 19.4 Å². The first-order valence-electron chi connectivity index (χ1n) is 6.92. The Bertz CT molecular complexity index is 821. The Labute approximate surface area is 131 Å². The normalized spacial score (nSPS) is 12.8. The van der Waals surface area contributed by atoms with Gasteiger partial charge in [0.15, 0.2) is 4.96 Å². The van der Waals surface area contributed by atoms with Crippen molar-refractivity contribution in [3.05, 3.63) is 57.3 Å². The maximum atomic E-state index is 12.0. The third-order valence-electron chi connectivity index (χ3n) is 3.32. The number of hydrogen-bond donors (Lipinski definition) is 1. The van der Waals surface area contributed by atoms with Crippen molar-refractivity contribution in [2.75, 3.05) is 13.7 Å². The average Bonchev–Trinajstić information content (AvgIpc) is 3.12. The number of thiazole rings is 1. The highest BCUT2D eigenvalue weighted by Crippen LogP contribution is 2.17. The van der Waals surface area contributed by atoms with Gasteiger partial charge in [-0.05, 0) is 19.1 Å². The largest absolute Gasteiger partial charge is 0.465 e. The van der Waals surface area contributed by atoms with E-state index in [9.17, 15) is 4.79 Å². The lowest BCUT2D eigenvalue weighted by atomic mass is 10.2. The van der Waals surface area contributed by atoms with E-state index in [1.807, 2.05) is 24.4 Å². The minimum absolute atomic E-state index is 0.0693. The molecule has 0 amide bonds. The Kier molecular flexibility index (Phi) is 4.37. The molecule has 0 saturated carbocycles. The molecule has 116 valence electrons. The molecule has 1 unspecified atom stereocenters. The molecule has 0 fully saturated rings. The van der Waals surface area contributed by atoms with Crippen LogP contribution in [0.5, 0.6) is 0 Å². The summed E-state index contributed by atoms with van der Waals surface area (Å²) < 4.78 is 12.4. The van der Waals surface area contributed by atoms with Crippen LogP contribution in [0.3, 0.4) is 0 Å². The van der Waals surface area contributed by atoms with Gasteiger partial charge in [-0.15, -0.1) is 11.3 Å². The number of hydrogen-bond acceptors (Lipinski definition) is 6. The van der Waals surface area contributed by atoms with Gasteiger partial charge in [-0.2, -0.15) is 0 Å². The second-order valence-corrected chi connectivity index (χ2v) is 5.85. The molecule has 0 aliphatic heterocycles. The first-order chi connectivity index (χ1) is 10.7. The van der Waals surface area contributed by atoms with Crippen LogP contribution >= 0.6 is 11.3 Å². The summed E-state index contributed by atoms with van der Waals surface area (Å²) in [5.74, 6) is 1.67. The average molecular weight is 319 g/mol. The highest BCUT2D eigenvalue weighted by atomic mass is 32.1. The van der Waals surface area contributed by atoms with E-state index >= 15 is 0 Å². The summed E-state index contributed by atoms with van der Waals surface area (Å²) in [5, 5.41) is 5.17. The summed E-state index contributed by atoms with van der Waals surface area (Å²) in [6.45, 7) is 2.85. The fourth-order valence-corrected chi connectivity index (χ4v) is 2.99. The topological polar surface area (TPSA) is 68.8 Å². The molecule has 0 aliphatic carbocycles. The number of nitrogens with one attached hydrogen (secondary N) is 1. The van der Waals surface area contributed by atoms with Crippen molar-refractivity contribution in [2.45, 2.75) is 19.5 Å². The lowest BCUT2D eigenvalue weighted by Crippen LogP contribution is -2.26. The number of methoxy groups -OCH3 is 1. The molecule has 3 heterocycles. The van der Waals surface area contributed by atoms with E-state index in [-0.39, 0.29) is 11.6 Å². The van der Waals surface area contributed by atoms with Crippen molar-refractivity contribution in [3.63, 3.8) is 0 Å². The molecule has 0 aromatic carbocycles. The van der Waals surface area contributed by atoms with Crippen LogP contribution in [-0.2, 0) is 11.3 Å². The molecule has 3 rings (SSSR count). The Morgan fingerprint density at radius 2 is 2.36 bits per heavy atom.